The number of nitrogens with zero attached hydrogens (tertiary/aromatic N) is 1. The predicted octanol–water partition coefficient (Wildman–Crippen LogP) is 3.74. The summed E-state index contributed by atoms with van der Waals surface area (Å²) in [5.41, 5.74) is -0.762. The SMILES string of the molecule is COC(=O)c1c([N+](=O)[O-])cc(OC(C)C)c(OC(C)C)c1OC(C)C. The lowest BCUT2D eigenvalue weighted by Crippen LogP contribution is -2.18. The van der Waals surface area contributed by atoms with Crippen LogP contribution >= 0.6 is 0 Å². The van der Waals surface area contributed by atoms with Gasteiger partial charge in [0.2, 0.25) is 5.75 Å². The Labute approximate surface area is 147 Å². The molecule has 0 radical (unpaired) electrons. The summed E-state index contributed by atoms with van der Waals surface area (Å²) in [4.78, 5) is 23.0. The standard InChI is InChI=1S/C17H25NO7/c1-9(2)23-13-8-12(18(20)21)14(17(19)22-7)16(25-11(5)6)15(13)24-10(3)4/h8-11H,1-7H3. The van der Waals surface area contributed by atoms with Crippen molar-refractivity contribution in [3.63, 3.8) is 0 Å². The van der Waals surface area contributed by atoms with Crippen LogP contribution in [0.5, 0.6) is 17.2 Å². The normalized spacial score (nSPS) is 11.0. The Balaban J connectivity index is 3.83. The van der Waals surface area contributed by atoms with E-state index >= 15 is 0 Å². The number of methoxy groups -OCH3 is 1. The van der Waals surface area contributed by atoms with Crippen LogP contribution in [-0.2, 0) is 4.74 Å². The van der Waals surface area contributed by atoms with Crippen LogP contribution in [0, 0.1) is 10.1 Å². The number of rotatable bonds is 8. The van der Waals surface area contributed by atoms with Crippen molar-refractivity contribution in [1.82, 2.24) is 0 Å². The molecule has 0 amide bonds. The van der Waals surface area contributed by atoms with E-state index in [1.54, 1.807) is 41.5 Å². The molecule has 0 spiro atoms. The second-order valence-corrected chi connectivity index (χ2v) is 6.18. The zero-order chi connectivity index (χ0) is 19.3. The van der Waals surface area contributed by atoms with Crippen molar-refractivity contribution in [2.75, 3.05) is 7.11 Å². The third kappa shape index (κ3) is 5.23. The summed E-state index contributed by atoms with van der Waals surface area (Å²) in [5.74, 6) is -0.658. The quantitative estimate of drug-likeness (QED) is 0.398. The molecule has 8 nitrogen and oxygen atoms in total. The van der Waals surface area contributed by atoms with E-state index in [9.17, 15) is 14.9 Å². The average Bonchev–Trinajstić information content (AvgIpc) is 2.47. The van der Waals surface area contributed by atoms with Gasteiger partial charge < -0.3 is 18.9 Å². The molecule has 0 aliphatic carbocycles. The van der Waals surface area contributed by atoms with Crippen LogP contribution in [0.1, 0.15) is 51.9 Å². The number of benzene rings is 1. The van der Waals surface area contributed by atoms with E-state index in [4.69, 9.17) is 18.9 Å². The number of hydrogen-bond donors (Lipinski definition) is 0. The maximum absolute atomic E-state index is 12.2. The van der Waals surface area contributed by atoms with Crippen LogP contribution in [0.4, 0.5) is 5.69 Å². The summed E-state index contributed by atoms with van der Waals surface area (Å²) in [6.07, 6.45) is -0.882. The molecule has 8 heteroatoms. The van der Waals surface area contributed by atoms with E-state index in [2.05, 4.69) is 0 Å². The number of ether oxygens (including phenoxy) is 4. The van der Waals surface area contributed by atoms with Crippen LogP contribution in [0.15, 0.2) is 6.07 Å². The fourth-order valence-corrected chi connectivity index (χ4v) is 2.08. The van der Waals surface area contributed by atoms with E-state index in [1.807, 2.05) is 0 Å². The van der Waals surface area contributed by atoms with E-state index in [0.29, 0.717) is 0 Å². The minimum atomic E-state index is -0.882. The van der Waals surface area contributed by atoms with Crippen molar-refractivity contribution < 1.29 is 28.7 Å². The van der Waals surface area contributed by atoms with Crippen molar-refractivity contribution in [3.05, 3.63) is 21.7 Å². The lowest BCUT2D eigenvalue weighted by atomic mass is 10.1. The van der Waals surface area contributed by atoms with Gasteiger partial charge in [0.1, 0.15) is 0 Å². The Hall–Kier alpha value is -2.51. The topological polar surface area (TPSA) is 97.1 Å². The highest BCUT2D eigenvalue weighted by molar-refractivity contribution is 5.99. The highest BCUT2D eigenvalue weighted by Gasteiger charge is 2.34. The van der Waals surface area contributed by atoms with Gasteiger partial charge in [-0.1, -0.05) is 0 Å². The molecule has 0 bridgehead atoms. The van der Waals surface area contributed by atoms with Gasteiger partial charge in [-0.05, 0) is 41.5 Å². The smallest absolute Gasteiger partial charge is 0.348 e. The summed E-state index contributed by atoms with van der Waals surface area (Å²) < 4.78 is 21.8. The molecule has 25 heavy (non-hydrogen) atoms. The van der Waals surface area contributed by atoms with Crippen molar-refractivity contribution in [2.24, 2.45) is 0 Å². The average molecular weight is 355 g/mol. The third-order valence-electron chi connectivity index (χ3n) is 2.84. The number of hydrogen-bond acceptors (Lipinski definition) is 7. The molecule has 140 valence electrons. The fraction of sp³-hybridized carbons (Fsp3) is 0.588. The number of nitro benzene ring substituents is 1. The zero-order valence-electron chi connectivity index (χ0n) is 15.6. The number of carbonyl (C=O) groups is 1. The molecule has 0 saturated heterocycles. The van der Waals surface area contributed by atoms with E-state index in [1.165, 1.54) is 0 Å². The van der Waals surface area contributed by atoms with Crippen LogP contribution < -0.4 is 14.2 Å². The predicted molar refractivity (Wildman–Crippen MR) is 91.7 cm³/mol. The number of carbonyl (C=O) groups excluding carboxylic acids is 1. The first-order valence-electron chi connectivity index (χ1n) is 8.02. The molecule has 1 rings (SSSR count). The van der Waals surface area contributed by atoms with Gasteiger partial charge in [-0.3, -0.25) is 10.1 Å². The first kappa shape index (κ1) is 20.5. The minimum absolute atomic E-state index is 0.0552. The highest BCUT2D eigenvalue weighted by Crippen LogP contribution is 2.46. The molecule has 0 atom stereocenters. The monoisotopic (exact) mass is 355 g/mol. The molecule has 0 aromatic heterocycles. The molecule has 0 aliphatic heterocycles. The van der Waals surface area contributed by atoms with Gasteiger partial charge in [0.15, 0.2) is 17.1 Å². The molecule has 0 heterocycles. The Morgan fingerprint density at radius 2 is 1.44 bits per heavy atom. The first-order valence-corrected chi connectivity index (χ1v) is 8.02. The minimum Gasteiger partial charge on any atom is -0.487 e. The van der Waals surface area contributed by atoms with Crippen LogP contribution in [0.2, 0.25) is 0 Å². The van der Waals surface area contributed by atoms with Gasteiger partial charge in [0.25, 0.3) is 5.69 Å². The van der Waals surface area contributed by atoms with Gasteiger partial charge in [0, 0.05) is 0 Å². The van der Waals surface area contributed by atoms with Crippen LogP contribution in [0.25, 0.3) is 0 Å². The van der Waals surface area contributed by atoms with Crippen molar-refractivity contribution in [2.45, 2.75) is 59.9 Å². The van der Waals surface area contributed by atoms with Gasteiger partial charge in [-0.25, -0.2) is 4.79 Å². The molecule has 1 aromatic rings. The van der Waals surface area contributed by atoms with Crippen LogP contribution in [-0.4, -0.2) is 36.3 Å². The Bertz CT molecular complexity index is 638. The fourth-order valence-electron chi connectivity index (χ4n) is 2.08. The van der Waals surface area contributed by atoms with E-state index in [-0.39, 0.29) is 41.1 Å². The lowest BCUT2D eigenvalue weighted by Gasteiger charge is -2.22. The number of esters is 1. The summed E-state index contributed by atoms with van der Waals surface area (Å²) in [5, 5.41) is 11.5. The Morgan fingerprint density at radius 3 is 1.84 bits per heavy atom. The summed E-state index contributed by atoms with van der Waals surface area (Å²) in [6, 6.07) is 1.16. The first-order chi connectivity index (χ1) is 11.6. The van der Waals surface area contributed by atoms with Crippen molar-refractivity contribution in [3.8, 4) is 17.2 Å². The second kappa shape index (κ2) is 8.55. The van der Waals surface area contributed by atoms with Gasteiger partial charge in [-0.2, -0.15) is 0 Å². The van der Waals surface area contributed by atoms with Gasteiger partial charge in [0.05, 0.1) is 36.4 Å². The summed E-state index contributed by atoms with van der Waals surface area (Å²) >= 11 is 0. The third-order valence-corrected chi connectivity index (χ3v) is 2.84. The Morgan fingerprint density at radius 1 is 0.960 bits per heavy atom. The van der Waals surface area contributed by atoms with Gasteiger partial charge in [-0.15, -0.1) is 0 Å². The molecule has 0 saturated carbocycles. The largest absolute Gasteiger partial charge is 0.487 e. The number of nitro groups is 1. The second-order valence-electron chi connectivity index (χ2n) is 6.18. The van der Waals surface area contributed by atoms with E-state index in [0.717, 1.165) is 13.2 Å². The van der Waals surface area contributed by atoms with Crippen molar-refractivity contribution >= 4 is 11.7 Å². The van der Waals surface area contributed by atoms with Crippen LogP contribution in [0.3, 0.4) is 0 Å². The summed E-state index contributed by atoms with van der Waals surface area (Å²) in [6.45, 7) is 10.6. The molecule has 0 aliphatic rings. The molecular formula is C17H25NO7. The molecule has 0 fully saturated rings. The van der Waals surface area contributed by atoms with E-state index < -0.39 is 16.6 Å². The zero-order valence-corrected chi connectivity index (χ0v) is 15.6. The molecule has 1 aromatic carbocycles. The molecular weight excluding hydrogens is 330 g/mol. The molecule has 0 unspecified atom stereocenters. The van der Waals surface area contributed by atoms with Gasteiger partial charge >= 0.3 is 5.97 Å². The lowest BCUT2D eigenvalue weighted by molar-refractivity contribution is -0.385. The Kier molecular flexibility index (Phi) is 7.02. The maximum Gasteiger partial charge on any atom is 0.348 e. The highest BCUT2D eigenvalue weighted by atomic mass is 16.6. The summed E-state index contributed by atoms with van der Waals surface area (Å²) in [7, 11) is 1.15. The van der Waals surface area contributed by atoms with Crippen molar-refractivity contribution in [1.29, 1.82) is 0 Å². The maximum atomic E-state index is 12.2. The molecule has 0 N–H and O–H groups in total.